The molecule has 0 saturated carbocycles. The molecule has 3 heteroatoms. The zero-order valence-electron chi connectivity index (χ0n) is 8.42. The maximum atomic E-state index is 12.9. The third-order valence-corrected chi connectivity index (χ3v) is 2.35. The minimum atomic E-state index is -0.311. The van der Waals surface area contributed by atoms with Gasteiger partial charge in [0.25, 0.3) is 0 Å². The van der Waals surface area contributed by atoms with Gasteiger partial charge in [0, 0.05) is 12.0 Å². The lowest BCUT2D eigenvalue weighted by Crippen LogP contribution is -2.07. The molecule has 2 rings (SSSR count). The van der Waals surface area contributed by atoms with Gasteiger partial charge >= 0.3 is 5.97 Å². The van der Waals surface area contributed by atoms with Gasteiger partial charge in [0.1, 0.15) is 5.82 Å². The molecule has 0 N–H and O–H groups in total. The number of halogens is 1. The Bertz CT molecular complexity index is 435. The Labute approximate surface area is 87.4 Å². The molecular formula is C12H11FO2. The predicted molar refractivity (Wildman–Crippen MR) is 54.7 cm³/mol. The Hall–Kier alpha value is -1.64. The highest BCUT2D eigenvalue weighted by Gasteiger charge is 2.19. The number of hydrogen-bond acceptors (Lipinski definition) is 2. The van der Waals surface area contributed by atoms with Crippen LogP contribution in [0.3, 0.4) is 0 Å². The summed E-state index contributed by atoms with van der Waals surface area (Å²) in [5.74, 6) is -0.582. The number of ether oxygens (including phenoxy) is 1. The van der Waals surface area contributed by atoms with Crippen molar-refractivity contribution < 1.29 is 13.9 Å². The van der Waals surface area contributed by atoms with Crippen molar-refractivity contribution in [2.45, 2.75) is 13.3 Å². The molecule has 2 nitrogen and oxygen atoms in total. The highest BCUT2D eigenvalue weighted by Crippen LogP contribution is 2.26. The molecular weight excluding hydrogens is 195 g/mol. The van der Waals surface area contributed by atoms with Crippen LogP contribution in [0.15, 0.2) is 23.8 Å². The average molecular weight is 206 g/mol. The van der Waals surface area contributed by atoms with Crippen molar-refractivity contribution in [1.29, 1.82) is 0 Å². The normalized spacial score (nSPS) is 13.3. The smallest absolute Gasteiger partial charge is 0.334 e. The zero-order valence-corrected chi connectivity index (χ0v) is 8.42. The number of hydrogen-bond donors (Lipinski definition) is 0. The molecule has 0 fully saturated rings. The molecule has 1 aromatic carbocycles. The third kappa shape index (κ3) is 1.91. The molecule has 0 spiro atoms. The van der Waals surface area contributed by atoms with E-state index < -0.39 is 0 Å². The fraction of sp³-hybridized carbons (Fsp3) is 0.250. The number of carbonyl (C=O) groups is 1. The Balaban J connectivity index is 2.21. The second kappa shape index (κ2) is 3.85. The van der Waals surface area contributed by atoms with E-state index in [4.69, 9.17) is 4.74 Å². The minimum absolute atomic E-state index is 0.271. The topological polar surface area (TPSA) is 26.3 Å². The van der Waals surface area contributed by atoms with E-state index in [1.165, 1.54) is 12.1 Å². The Kier molecular flexibility index (Phi) is 2.54. The molecule has 0 heterocycles. The zero-order chi connectivity index (χ0) is 10.8. The van der Waals surface area contributed by atoms with Crippen LogP contribution in [-0.2, 0) is 16.0 Å². The number of esters is 1. The summed E-state index contributed by atoms with van der Waals surface area (Å²) in [6.07, 6.45) is 2.22. The fourth-order valence-electron chi connectivity index (χ4n) is 1.67. The van der Waals surface area contributed by atoms with Gasteiger partial charge in [-0.1, -0.05) is 6.07 Å². The van der Waals surface area contributed by atoms with Gasteiger partial charge in [-0.3, -0.25) is 0 Å². The lowest BCUT2D eigenvalue weighted by molar-refractivity contribution is -0.138. The van der Waals surface area contributed by atoms with Crippen LogP contribution in [0, 0.1) is 5.82 Å². The van der Waals surface area contributed by atoms with Gasteiger partial charge in [-0.05, 0) is 36.3 Å². The summed E-state index contributed by atoms with van der Waals surface area (Å²) in [6.45, 7) is 2.13. The van der Waals surface area contributed by atoms with Crippen molar-refractivity contribution in [3.05, 3.63) is 40.7 Å². The van der Waals surface area contributed by atoms with Gasteiger partial charge in [0.15, 0.2) is 0 Å². The fourth-order valence-corrected chi connectivity index (χ4v) is 1.67. The summed E-state index contributed by atoms with van der Waals surface area (Å²) >= 11 is 0. The van der Waals surface area contributed by atoms with Crippen LogP contribution in [0.1, 0.15) is 18.1 Å². The Morgan fingerprint density at radius 3 is 3.07 bits per heavy atom. The largest absolute Gasteiger partial charge is 0.463 e. The summed E-state index contributed by atoms with van der Waals surface area (Å²) in [4.78, 5) is 11.4. The molecule has 0 saturated heterocycles. The molecule has 1 aliphatic rings. The second-order valence-corrected chi connectivity index (χ2v) is 3.41. The van der Waals surface area contributed by atoms with Crippen LogP contribution < -0.4 is 0 Å². The molecule has 15 heavy (non-hydrogen) atoms. The number of benzene rings is 1. The SMILES string of the molecule is CCOC(=O)C1=Cc2ccc(F)cc2C1. The summed E-state index contributed by atoms with van der Waals surface area (Å²) in [5, 5.41) is 0. The first-order valence-electron chi connectivity index (χ1n) is 4.87. The molecule has 0 atom stereocenters. The van der Waals surface area contributed by atoms with Crippen molar-refractivity contribution in [1.82, 2.24) is 0 Å². The summed E-state index contributed by atoms with van der Waals surface area (Å²) in [5.41, 5.74) is 2.34. The number of fused-ring (bicyclic) bond motifs is 1. The van der Waals surface area contributed by atoms with Gasteiger partial charge in [-0.2, -0.15) is 0 Å². The molecule has 1 aromatic rings. The van der Waals surface area contributed by atoms with Crippen molar-refractivity contribution in [2.24, 2.45) is 0 Å². The molecule has 0 unspecified atom stereocenters. The van der Waals surface area contributed by atoms with Crippen LogP contribution in [0.5, 0.6) is 0 Å². The molecule has 1 aliphatic carbocycles. The Morgan fingerprint density at radius 2 is 2.33 bits per heavy atom. The van der Waals surface area contributed by atoms with Crippen LogP contribution in [-0.4, -0.2) is 12.6 Å². The van der Waals surface area contributed by atoms with E-state index in [2.05, 4.69) is 0 Å². The maximum Gasteiger partial charge on any atom is 0.334 e. The average Bonchev–Trinajstić information content (AvgIpc) is 2.60. The number of carbonyl (C=O) groups excluding carboxylic acids is 1. The monoisotopic (exact) mass is 206 g/mol. The van der Waals surface area contributed by atoms with Gasteiger partial charge in [-0.25, -0.2) is 9.18 Å². The van der Waals surface area contributed by atoms with Crippen molar-refractivity contribution in [3.8, 4) is 0 Å². The molecule has 0 bridgehead atoms. The first-order valence-corrected chi connectivity index (χ1v) is 4.87. The summed E-state index contributed by atoms with van der Waals surface area (Å²) in [7, 11) is 0. The van der Waals surface area contributed by atoms with Crippen LogP contribution in [0.25, 0.3) is 6.08 Å². The molecule has 0 aliphatic heterocycles. The standard InChI is InChI=1S/C12H11FO2/c1-2-15-12(14)10-5-8-3-4-11(13)7-9(8)6-10/h3-5,7H,2,6H2,1H3. The number of rotatable bonds is 2. The molecule has 78 valence electrons. The van der Waals surface area contributed by atoms with E-state index >= 15 is 0 Å². The minimum Gasteiger partial charge on any atom is -0.463 e. The molecule has 0 radical (unpaired) electrons. The van der Waals surface area contributed by atoms with Gasteiger partial charge < -0.3 is 4.74 Å². The lowest BCUT2D eigenvalue weighted by Gasteiger charge is -2.01. The lowest BCUT2D eigenvalue weighted by atomic mass is 10.1. The van der Waals surface area contributed by atoms with Gasteiger partial charge in [0.2, 0.25) is 0 Å². The van der Waals surface area contributed by atoms with Gasteiger partial charge in [-0.15, -0.1) is 0 Å². The molecule has 0 aromatic heterocycles. The summed E-state index contributed by atoms with van der Waals surface area (Å²) < 4.78 is 17.8. The van der Waals surface area contributed by atoms with Crippen molar-refractivity contribution in [2.75, 3.05) is 6.61 Å². The highest BCUT2D eigenvalue weighted by molar-refractivity contribution is 5.96. The van der Waals surface area contributed by atoms with Crippen LogP contribution in [0.2, 0.25) is 0 Å². The van der Waals surface area contributed by atoms with E-state index in [9.17, 15) is 9.18 Å². The Morgan fingerprint density at radius 1 is 1.53 bits per heavy atom. The quantitative estimate of drug-likeness (QED) is 0.694. The van der Waals surface area contributed by atoms with Crippen molar-refractivity contribution >= 4 is 12.0 Å². The third-order valence-electron chi connectivity index (χ3n) is 2.35. The van der Waals surface area contributed by atoms with E-state index in [1.54, 1.807) is 19.1 Å². The van der Waals surface area contributed by atoms with E-state index in [0.717, 1.165) is 11.1 Å². The maximum absolute atomic E-state index is 12.9. The van der Waals surface area contributed by atoms with Crippen LogP contribution in [0.4, 0.5) is 4.39 Å². The van der Waals surface area contributed by atoms with Crippen LogP contribution >= 0.6 is 0 Å². The van der Waals surface area contributed by atoms with E-state index in [1.807, 2.05) is 0 Å². The second-order valence-electron chi connectivity index (χ2n) is 3.41. The first-order chi connectivity index (χ1) is 7.20. The van der Waals surface area contributed by atoms with Gasteiger partial charge in [0.05, 0.1) is 6.61 Å². The highest BCUT2D eigenvalue weighted by atomic mass is 19.1. The first kappa shape index (κ1) is 9.90. The van der Waals surface area contributed by atoms with Crippen molar-refractivity contribution in [3.63, 3.8) is 0 Å². The van der Waals surface area contributed by atoms with E-state index in [0.29, 0.717) is 18.6 Å². The van der Waals surface area contributed by atoms with E-state index in [-0.39, 0.29) is 11.8 Å². The molecule has 0 amide bonds. The summed E-state index contributed by atoms with van der Waals surface area (Å²) in [6, 6.07) is 4.53. The predicted octanol–water partition coefficient (Wildman–Crippen LogP) is 2.33.